The number of carbonyl (C=O) groups excluding carboxylic acids is 1. The predicted molar refractivity (Wildman–Crippen MR) is 74.4 cm³/mol. The minimum Gasteiger partial charge on any atom is -0.322 e. The number of nitriles is 1. The average Bonchev–Trinajstić information content (AvgIpc) is 2.44. The fourth-order valence-corrected chi connectivity index (χ4v) is 2.27. The molecule has 1 aromatic carbocycles. The van der Waals surface area contributed by atoms with Gasteiger partial charge in [-0.1, -0.05) is 12.1 Å². The van der Waals surface area contributed by atoms with Gasteiger partial charge in [0.25, 0.3) is 0 Å². The fourth-order valence-electron chi connectivity index (χ4n) is 2.27. The Labute approximate surface area is 118 Å². The molecule has 0 spiro atoms. The van der Waals surface area contributed by atoms with Crippen LogP contribution in [0.15, 0.2) is 24.3 Å². The predicted octanol–water partition coefficient (Wildman–Crippen LogP) is 2.39. The first-order valence-corrected chi connectivity index (χ1v) is 6.70. The van der Waals surface area contributed by atoms with Gasteiger partial charge in [0.15, 0.2) is 0 Å². The highest BCUT2D eigenvalue weighted by Gasteiger charge is 2.30. The van der Waals surface area contributed by atoms with E-state index >= 15 is 0 Å². The van der Waals surface area contributed by atoms with Crippen LogP contribution in [-0.2, 0) is 4.79 Å². The summed E-state index contributed by atoms with van der Waals surface area (Å²) in [5, 5.41) is 11.6. The molecule has 0 aromatic heterocycles. The van der Waals surface area contributed by atoms with Crippen molar-refractivity contribution in [1.82, 2.24) is 4.90 Å². The van der Waals surface area contributed by atoms with Crippen LogP contribution in [0.4, 0.5) is 10.1 Å². The van der Waals surface area contributed by atoms with Crippen molar-refractivity contribution in [3.05, 3.63) is 30.1 Å². The molecule has 1 N–H and O–H groups in total. The Kier molecular flexibility index (Phi) is 4.35. The molecule has 0 saturated carbocycles. The lowest BCUT2D eigenvalue weighted by atomic mass is 9.82. The second-order valence-corrected chi connectivity index (χ2v) is 5.48. The molecule has 5 heteroatoms. The van der Waals surface area contributed by atoms with Crippen molar-refractivity contribution in [1.29, 1.82) is 5.26 Å². The largest absolute Gasteiger partial charge is 0.322 e. The van der Waals surface area contributed by atoms with Crippen molar-refractivity contribution in [3.8, 4) is 6.07 Å². The molecule has 0 atom stereocenters. The molecule has 1 saturated heterocycles. The summed E-state index contributed by atoms with van der Waals surface area (Å²) in [6, 6.07) is 8.44. The maximum absolute atomic E-state index is 13.4. The smallest absolute Gasteiger partial charge is 0.238 e. The van der Waals surface area contributed by atoms with Crippen molar-refractivity contribution in [3.63, 3.8) is 0 Å². The molecule has 1 aliphatic heterocycles. The quantitative estimate of drug-likeness (QED) is 0.921. The number of nitrogens with one attached hydrogen (secondary N) is 1. The first kappa shape index (κ1) is 14.5. The van der Waals surface area contributed by atoms with Gasteiger partial charge in [0.05, 0.1) is 23.7 Å². The third-order valence-electron chi connectivity index (χ3n) is 3.74. The first-order chi connectivity index (χ1) is 9.52. The SMILES string of the molecule is CC1(C#N)CCN(CC(=O)Nc2ccccc2F)CC1. The molecule has 1 heterocycles. The molecule has 1 amide bonds. The monoisotopic (exact) mass is 275 g/mol. The summed E-state index contributed by atoms with van der Waals surface area (Å²) >= 11 is 0. The van der Waals surface area contributed by atoms with E-state index in [-0.39, 0.29) is 23.6 Å². The Bertz CT molecular complexity index is 530. The van der Waals surface area contributed by atoms with E-state index in [0.717, 1.165) is 25.9 Å². The summed E-state index contributed by atoms with van der Waals surface area (Å²) < 4.78 is 13.4. The third-order valence-corrected chi connectivity index (χ3v) is 3.74. The van der Waals surface area contributed by atoms with Gasteiger partial charge in [-0.2, -0.15) is 5.26 Å². The summed E-state index contributed by atoms with van der Waals surface area (Å²) in [4.78, 5) is 13.9. The zero-order valence-electron chi connectivity index (χ0n) is 11.5. The average molecular weight is 275 g/mol. The van der Waals surface area contributed by atoms with Gasteiger partial charge >= 0.3 is 0 Å². The minimum absolute atomic E-state index is 0.205. The number of nitrogens with zero attached hydrogens (tertiary/aromatic N) is 2. The number of para-hydroxylation sites is 1. The number of piperidine rings is 1. The van der Waals surface area contributed by atoms with Crippen molar-refractivity contribution >= 4 is 11.6 Å². The molecule has 4 nitrogen and oxygen atoms in total. The van der Waals surface area contributed by atoms with Gasteiger partial charge in [-0.25, -0.2) is 4.39 Å². The highest BCUT2D eigenvalue weighted by atomic mass is 19.1. The van der Waals surface area contributed by atoms with E-state index in [9.17, 15) is 9.18 Å². The lowest BCUT2D eigenvalue weighted by molar-refractivity contribution is -0.117. The fraction of sp³-hybridized carbons (Fsp3) is 0.467. The minimum atomic E-state index is -0.434. The number of amides is 1. The third kappa shape index (κ3) is 3.55. The number of hydrogen-bond donors (Lipinski definition) is 1. The lowest BCUT2D eigenvalue weighted by Gasteiger charge is -2.34. The Balaban J connectivity index is 1.85. The standard InChI is InChI=1S/C15H18FN3O/c1-15(11-17)6-8-19(9-7-15)10-14(20)18-13-5-3-2-4-12(13)16/h2-5H,6-10H2,1H3,(H,18,20). The number of likely N-dealkylation sites (tertiary alicyclic amines) is 1. The molecule has 0 radical (unpaired) electrons. The van der Waals surface area contributed by atoms with Crippen LogP contribution in [0.3, 0.4) is 0 Å². The van der Waals surface area contributed by atoms with Crippen LogP contribution in [0.1, 0.15) is 19.8 Å². The van der Waals surface area contributed by atoms with E-state index in [1.807, 2.05) is 11.8 Å². The van der Waals surface area contributed by atoms with Crippen molar-refractivity contribution in [2.75, 3.05) is 25.0 Å². The molecule has 0 bridgehead atoms. The molecule has 1 fully saturated rings. The Morgan fingerprint density at radius 3 is 2.70 bits per heavy atom. The van der Waals surface area contributed by atoms with Gasteiger partial charge in [0.2, 0.25) is 5.91 Å². The van der Waals surface area contributed by atoms with E-state index in [4.69, 9.17) is 5.26 Å². The maximum atomic E-state index is 13.4. The Morgan fingerprint density at radius 1 is 1.45 bits per heavy atom. The van der Waals surface area contributed by atoms with E-state index < -0.39 is 5.82 Å². The van der Waals surface area contributed by atoms with E-state index in [1.165, 1.54) is 12.1 Å². The molecule has 0 aliphatic carbocycles. The second-order valence-electron chi connectivity index (χ2n) is 5.48. The number of anilines is 1. The molecule has 20 heavy (non-hydrogen) atoms. The van der Waals surface area contributed by atoms with Crippen LogP contribution in [0, 0.1) is 22.6 Å². The van der Waals surface area contributed by atoms with Crippen LogP contribution in [0.2, 0.25) is 0 Å². The van der Waals surface area contributed by atoms with Crippen LogP contribution >= 0.6 is 0 Å². The van der Waals surface area contributed by atoms with Crippen molar-refractivity contribution in [2.24, 2.45) is 5.41 Å². The zero-order chi connectivity index (χ0) is 14.6. The zero-order valence-corrected chi connectivity index (χ0v) is 11.5. The number of carbonyl (C=O) groups is 1. The maximum Gasteiger partial charge on any atom is 0.238 e. The molecule has 1 aromatic rings. The van der Waals surface area contributed by atoms with E-state index in [0.29, 0.717) is 0 Å². The highest BCUT2D eigenvalue weighted by molar-refractivity contribution is 5.92. The molecule has 2 rings (SSSR count). The molecule has 106 valence electrons. The Hall–Kier alpha value is -1.93. The second kappa shape index (κ2) is 6.02. The summed E-state index contributed by atoms with van der Waals surface area (Å²) in [6.45, 7) is 3.61. The molecule has 1 aliphatic rings. The summed E-state index contributed by atoms with van der Waals surface area (Å²) in [5.41, 5.74) is -0.0743. The number of halogens is 1. The number of hydrogen-bond acceptors (Lipinski definition) is 3. The van der Waals surface area contributed by atoms with E-state index in [1.54, 1.807) is 12.1 Å². The van der Waals surface area contributed by atoms with Gasteiger partial charge < -0.3 is 5.32 Å². The topological polar surface area (TPSA) is 56.1 Å². The molecular formula is C15H18FN3O. The van der Waals surface area contributed by atoms with Gasteiger partial charge in [-0.3, -0.25) is 9.69 Å². The van der Waals surface area contributed by atoms with Gasteiger partial charge in [-0.15, -0.1) is 0 Å². The lowest BCUT2D eigenvalue weighted by Crippen LogP contribution is -2.42. The van der Waals surface area contributed by atoms with Crippen molar-refractivity contribution < 1.29 is 9.18 Å². The number of rotatable bonds is 3. The van der Waals surface area contributed by atoms with Crippen LogP contribution in [0.25, 0.3) is 0 Å². The van der Waals surface area contributed by atoms with Crippen molar-refractivity contribution in [2.45, 2.75) is 19.8 Å². The van der Waals surface area contributed by atoms with Crippen LogP contribution in [-0.4, -0.2) is 30.4 Å². The van der Waals surface area contributed by atoms with E-state index in [2.05, 4.69) is 11.4 Å². The summed E-state index contributed by atoms with van der Waals surface area (Å²) in [6.07, 6.45) is 1.52. The van der Waals surface area contributed by atoms with Gasteiger partial charge in [0, 0.05) is 13.1 Å². The van der Waals surface area contributed by atoms with Gasteiger partial charge in [0.1, 0.15) is 5.82 Å². The molecular weight excluding hydrogens is 257 g/mol. The normalized spacial score (nSPS) is 18.2. The summed E-state index contributed by atoms with van der Waals surface area (Å²) in [5.74, 6) is -0.660. The van der Waals surface area contributed by atoms with Crippen LogP contribution in [0.5, 0.6) is 0 Å². The van der Waals surface area contributed by atoms with Gasteiger partial charge in [-0.05, 0) is 31.9 Å². The van der Waals surface area contributed by atoms with Crippen LogP contribution < -0.4 is 5.32 Å². The molecule has 0 unspecified atom stereocenters. The summed E-state index contributed by atoms with van der Waals surface area (Å²) in [7, 11) is 0. The number of benzene rings is 1. The highest BCUT2D eigenvalue weighted by Crippen LogP contribution is 2.29. The Morgan fingerprint density at radius 2 is 2.10 bits per heavy atom. The first-order valence-electron chi connectivity index (χ1n) is 6.70.